The number of hydrogen-bond acceptors (Lipinski definition) is 9. The largest absolute Gasteiger partial charge is 0.465 e. The summed E-state index contributed by atoms with van der Waals surface area (Å²) in [5.74, 6) is -0.689. The van der Waals surface area contributed by atoms with E-state index < -0.39 is 23.9 Å². The fraction of sp³-hybridized carbons (Fsp3) is 0.462. The minimum Gasteiger partial charge on any atom is -0.465 e. The number of likely N-dealkylation sites (tertiary alicyclic amines) is 1. The maximum absolute atomic E-state index is 13.1. The van der Waals surface area contributed by atoms with Crippen molar-refractivity contribution in [3.63, 3.8) is 0 Å². The predicted molar refractivity (Wildman–Crippen MR) is 188 cm³/mol. The van der Waals surface area contributed by atoms with Crippen LogP contribution in [-0.4, -0.2) is 72.0 Å². The van der Waals surface area contributed by atoms with Crippen molar-refractivity contribution >= 4 is 18.0 Å². The Hall–Kier alpha value is -4.29. The third kappa shape index (κ3) is 10.4. The Morgan fingerprint density at radius 2 is 1.66 bits per heavy atom. The van der Waals surface area contributed by atoms with E-state index in [1.807, 2.05) is 87.5 Å². The molecule has 0 bridgehead atoms. The number of rotatable bonds is 12. The van der Waals surface area contributed by atoms with Crippen molar-refractivity contribution in [3.8, 4) is 11.1 Å². The molecule has 2 saturated heterocycles. The van der Waals surface area contributed by atoms with Crippen LogP contribution in [0, 0.1) is 0 Å². The van der Waals surface area contributed by atoms with Crippen LogP contribution in [0.2, 0.25) is 0 Å². The third-order valence-electron chi connectivity index (χ3n) is 8.67. The van der Waals surface area contributed by atoms with Gasteiger partial charge < -0.3 is 34.7 Å². The quantitative estimate of drug-likeness (QED) is 0.209. The van der Waals surface area contributed by atoms with Gasteiger partial charge in [-0.1, -0.05) is 60.7 Å². The average Bonchev–Trinajstić information content (AvgIpc) is 3.57. The highest BCUT2D eigenvalue weighted by Gasteiger charge is 2.39. The van der Waals surface area contributed by atoms with Gasteiger partial charge in [-0.2, -0.15) is 0 Å². The van der Waals surface area contributed by atoms with Gasteiger partial charge in [-0.3, -0.25) is 14.5 Å². The van der Waals surface area contributed by atoms with Gasteiger partial charge in [0.1, 0.15) is 18.2 Å². The van der Waals surface area contributed by atoms with E-state index in [1.54, 1.807) is 6.92 Å². The van der Waals surface area contributed by atoms with E-state index >= 15 is 0 Å². The highest BCUT2D eigenvalue weighted by Crippen LogP contribution is 2.39. The second-order valence-corrected chi connectivity index (χ2v) is 13.7. The number of ether oxygens (including phenoxy) is 4. The molecule has 3 aromatic rings. The van der Waals surface area contributed by atoms with Crippen LogP contribution in [0.25, 0.3) is 11.1 Å². The summed E-state index contributed by atoms with van der Waals surface area (Å²) in [5.41, 5.74) is 4.93. The van der Waals surface area contributed by atoms with Gasteiger partial charge in [0.25, 0.3) is 0 Å². The Bertz CT molecular complexity index is 1610. The van der Waals surface area contributed by atoms with Crippen LogP contribution in [0.15, 0.2) is 72.8 Å². The van der Waals surface area contributed by atoms with Crippen molar-refractivity contribution in [1.29, 1.82) is 0 Å². The van der Waals surface area contributed by atoms with Crippen molar-refractivity contribution in [2.45, 2.75) is 90.2 Å². The van der Waals surface area contributed by atoms with Gasteiger partial charge >= 0.3 is 18.0 Å². The highest BCUT2D eigenvalue weighted by atomic mass is 16.7. The summed E-state index contributed by atoms with van der Waals surface area (Å²) in [6.45, 7) is 9.03. The third-order valence-corrected chi connectivity index (χ3v) is 8.67. The molecule has 0 radical (unpaired) electrons. The summed E-state index contributed by atoms with van der Waals surface area (Å²) in [7, 11) is 0. The molecule has 0 aromatic heterocycles. The maximum atomic E-state index is 13.1. The molecule has 0 unspecified atom stereocenters. The van der Waals surface area contributed by atoms with E-state index in [-0.39, 0.29) is 50.5 Å². The van der Waals surface area contributed by atoms with Crippen LogP contribution in [0.4, 0.5) is 4.79 Å². The minimum atomic E-state index is -0.660. The van der Waals surface area contributed by atoms with Crippen molar-refractivity contribution in [1.82, 2.24) is 15.5 Å². The van der Waals surface area contributed by atoms with Crippen LogP contribution in [-0.2, 0) is 41.7 Å². The van der Waals surface area contributed by atoms with Crippen LogP contribution in [0.1, 0.15) is 81.6 Å². The van der Waals surface area contributed by atoms with Gasteiger partial charge in [-0.15, -0.1) is 0 Å². The summed E-state index contributed by atoms with van der Waals surface area (Å²) in [5, 5.41) is 14.9. The molecule has 2 amide bonds. The van der Waals surface area contributed by atoms with Crippen molar-refractivity contribution < 1.29 is 38.4 Å². The molecule has 0 aliphatic carbocycles. The summed E-state index contributed by atoms with van der Waals surface area (Å²) < 4.78 is 23.9. The summed E-state index contributed by atoms with van der Waals surface area (Å²) in [6, 6.07) is 22.9. The molecule has 4 atom stereocenters. The molecule has 2 heterocycles. The number of aliphatic hydroxyl groups excluding tert-OH is 1. The Kier molecular flexibility index (Phi) is 12.6. The molecule has 11 nitrogen and oxygen atoms in total. The number of benzene rings is 3. The van der Waals surface area contributed by atoms with Gasteiger partial charge in [0.15, 0.2) is 6.29 Å². The first-order valence-electron chi connectivity index (χ1n) is 17.4. The first-order valence-corrected chi connectivity index (χ1v) is 17.4. The zero-order valence-corrected chi connectivity index (χ0v) is 29.4. The zero-order chi connectivity index (χ0) is 35.7. The molecule has 3 N–H and O–H groups in total. The van der Waals surface area contributed by atoms with Crippen LogP contribution in [0.5, 0.6) is 0 Å². The molecule has 50 heavy (non-hydrogen) atoms. The number of esters is 2. The number of aliphatic hydroxyl groups is 1. The van der Waals surface area contributed by atoms with Gasteiger partial charge in [-0.05, 0) is 87.0 Å². The van der Waals surface area contributed by atoms with E-state index in [2.05, 4.69) is 21.6 Å². The van der Waals surface area contributed by atoms with E-state index in [1.165, 1.54) is 0 Å². The number of urea groups is 1. The highest BCUT2D eigenvalue weighted by molar-refractivity contribution is 5.80. The van der Waals surface area contributed by atoms with Gasteiger partial charge in [0.2, 0.25) is 0 Å². The van der Waals surface area contributed by atoms with Crippen molar-refractivity contribution in [3.05, 3.63) is 95.1 Å². The van der Waals surface area contributed by atoms with Gasteiger partial charge in [0, 0.05) is 25.1 Å². The fourth-order valence-electron chi connectivity index (χ4n) is 6.31. The SMILES string of the molecule is CCOC(=O)CNC(=O)NCc1cccc(-c2cccc([C@H]3O[C@@H](CN4CCC[C@H]4C(=O)OC(C)(C)C)C[C@@H](c4ccc(CO)cc4)O3)c2)c1. The second-order valence-electron chi connectivity index (χ2n) is 13.7. The number of carbonyl (C=O) groups excluding carboxylic acids is 3. The number of hydrogen-bond donors (Lipinski definition) is 3. The van der Waals surface area contributed by atoms with Gasteiger partial charge in [-0.25, -0.2) is 4.79 Å². The Labute approximate surface area is 294 Å². The topological polar surface area (TPSA) is 136 Å². The molecular weight excluding hydrogens is 638 g/mol. The fourth-order valence-corrected chi connectivity index (χ4v) is 6.31. The number of nitrogens with zero attached hydrogens (tertiary/aromatic N) is 1. The van der Waals surface area contributed by atoms with E-state index in [9.17, 15) is 19.5 Å². The summed E-state index contributed by atoms with van der Waals surface area (Å²) in [4.78, 5) is 39.0. The lowest BCUT2D eigenvalue weighted by molar-refractivity contribution is -0.253. The Morgan fingerprint density at radius 3 is 2.38 bits per heavy atom. The lowest BCUT2D eigenvalue weighted by Gasteiger charge is -2.38. The zero-order valence-electron chi connectivity index (χ0n) is 29.4. The molecule has 2 aliphatic rings. The molecule has 0 spiro atoms. The van der Waals surface area contributed by atoms with Crippen molar-refractivity contribution in [2.75, 3.05) is 26.2 Å². The van der Waals surface area contributed by atoms with E-state index in [4.69, 9.17) is 18.9 Å². The van der Waals surface area contributed by atoms with Crippen LogP contribution in [0.3, 0.4) is 0 Å². The minimum absolute atomic E-state index is 0.0338. The smallest absolute Gasteiger partial charge is 0.325 e. The standard InChI is InChI=1S/C39H49N3O8/c1-5-47-35(44)23-41-38(46)40-22-27-9-6-10-29(19-27)30-11-7-12-31(20-30)37-48-32(21-34(49-37)28-16-14-26(25-43)15-17-28)24-42-18-8-13-33(42)36(45)50-39(2,3)4/h6-7,9-12,14-17,19-20,32-34,37,43H,5,8,13,18,21-25H2,1-4H3,(H2,40,41,46)/t32-,33+,34+,37+/m1/s1. The predicted octanol–water partition coefficient (Wildman–Crippen LogP) is 5.56. The molecule has 2 fully saturated rings. The monoisotopic (exact) mass is 687 g/mol. The normalized spacial score (nSPS) is 21.0. The molecule has 3 aromatic carbocycles. The second kappa shape index (κ2) is 17.1. The lowest BCUT2D eigenvalue weighted by atomic mass is 9.98. The number of carbonyl (C=O) groups is 3. The molecule has 2 aliphatic heterocycles. The Balaban J connectivity index is 1.31. The molecule has 11 heteroatoms. The van der Waals surface area contributed by atoms with Crippen LogP contribution >= 0.6 is 0 Å². The molecular formula is C39H49N3O8. The Morgan fingerprint density at radius 1 is 0.920 bits per heavy atom. The number of amides is 2. The molecule has 268 valence electrons. The lowest BCUT2D eigenvalue weighted by Crippen LogP contribution is -2.45. The van der Waals surface area contributed by atoms with E-state index in [0.717, 1.165) is 52.8 Å². The molecule has 5 rings (SSSR count). The number of nitrogens with one attached hydrogen (secondary N) is 2. The van der Waals surface area contributed by atoms with Gasteiger partial charge in [0.05, 0.1) is 25.4 Å². The average molecular weight is 688 g/mol. The first-order chi connectivity index (χ1) is 24.0. The van der Waals surface area contributed by atoms with Crippen molar-refractivity contribution in [2.24, 2.45) is 0 Å². The van der Waals surface area contributed by atoms with E-state index in [0.29, 0.717) is 13.0 Å². The summed E-state index contributed by atoms with van der Waals surface area (Å²) in [6.07, 6.45) is 1.13. The van der Waals surface area contributed by atoms with Crippen LogP contribution < -0.4 is 10.6 Å². The summed E-state index contributed by atoms with van der Waals surface area (Å²) >= 11 is 0. The first kappa shape index (κ1) is 37.0. The molecule has 0 saturated carbocycles. The maximum Gasteiger partial charge on any atom is 0.325 e.